The Bertz CT molecular complexity index is 883. The van der Waals surface area contributed by atoms with E-state index < -0.39 is 11.8 Å². The quantitative estimate of drug-likeness (QED) is 0.541. The minimum absolute atomic E-state index is 0.0600. The third-order valence-corrected chi connectivity index (χ3v) is 5.77. The van der Waals surface area contributed by atoms with Crippen LogP contribution in [0.15, 0.2) is 48.8 Å². The summed E-state index contributed by atoms with van der Waals surface area (Å²) in [6.07, 6.45) is 3.56. The second-order valence-corrected chi connectivity index (χ2v) is 8.29. The molecule has 2 heterocycles. The number of anilines is 1. The Balaban J connectivity index is 1.58. The molecule has 0 bridgehead atoms. The van der Waals surface area contributed by atoms with Crippen molar-refractivity contribution in [1.82, 2.24) is 25.4 Å². The van der Waals surface area contributed by atoms with Crippen LogP contribution in [0.25, 0.3) is 0 Å². The van der Waals surface area contributed by atoms with E-state index in [1.54, 1.807) is 13.3 Å². The molecule has 1 aromatic carbocycles. The van der Waals surface area contributed by atoms with Gasteiger partial charge in [-0.3, -0.25) is 19.5 Å². The fourth-order valence-corrected chi connectivity index (χ4v) is 3.86. The molecule has 9 heteroatoms. The van der Waals surface area contributed by atoms with Crippen LogP contribution in [-0.4, -0.2) is 93.6 Å². The van der Waals surface area contributed by atoms with Gasteiger partial charge in [-0.25, -0.2) is 0 Å². The summed E-state index contributed by atoms with van der Waals surface area (Å²) in [5.74, 6) is -0.374. The minimum atomic E-state index is -0.612. The molecule has 178 valence electrons. The largest absolute Gasteiger partial charge is 0.497 e. The van der Waals surface area contributed by atoms with E-state index in [9.17, 15) is 9.59 Å². The van der Waals surface area contributed by atoms with Crippen LogP contribution in [0.2, 0.25) is 0 Å². The number of aromatic nitrogens is 1. The first kappa shape index (κ1) is 24.5. The second-order valence-electron chi connectivity index (χ2n) is 8.29. The first-order valence-corrected chi connectivity index (χ1v) is 11.2. The molecular weight excluding hydrogens is 420 g/mol. The number of carbonyl (C=O) groups is 2. The van der Waals surface area contributed by atoms with Gasteiger partial charge < -0.3 is 25.2 Å². The van der Waals surface area contributed by atoms with Gasteiger partial charge in [0.2, 0.25) is 0 Å². The number of hydrogen-bond donors (Lipinski definition) is 2. The highest BCUT2D eigenvalue weighted by Crippen LogP contribution is 2.25. The number of methoxy groups -OCH3 is 1. The van der Waals surface area contributed by atoms with E-state index in [1.807, 2.05) is 49.5 Å². The van der Waals surface area contributed by atoms with Gasteiger partial charge in [-0.05, 0) is 50.0 Å². The van der Waals surface area contributed by atoms with Crippen LogP contribution in [0.4, 0.5) is 5.69 Å². The zero-order chi connectivity index (χ0) is 23.6. The van der Waals surface area contributed by atoms with E-state index in [4.69, 9.17) is 4.74 Å². The number of nitrogens with zero attached hydrogens (tertiary/aromatic N) is 4. The highest BCUT2D eigenvalue weighted by Gasteiger charge is 2.26. The Morgan fingerprint density at radius 3 is 2.36 bits per heavy atom. The molecule has 1 aliphatic rings. The molecule has 1 atom stereocenters. The normalized spacial score (nSPS) is 15.2. The standard InChI is InChI=1S/C24H34N6O3/c1-28(2)12-11-26-23(31)24(32)27-18-22(19-5-4-10-25-17-19)30-15-13-29(14-16-30)20-6-8-21(33-3)9-7-20/h4-10,17,22H,11-16,18H2,1-3H3,(H,26,31)(H,27,32)/t22-/m1/s1. The number of hydrogen-bond acceptors (Lipinski definition) is 7. The van der Waals surface area contributed by atoms with E-state index in [-0.39, 0.29) is 6.04 Å². The lowest BCUT2D eigenvalue weighted by molar-refractivity contribution is -0.139. The zero-order valence-electron chi connectivity index (χ0n) is 19.7. The molecule has 0 radical (unpaired) electrons. The molecule has 2 aromatic rings. The van der Waals surface area contributed by atoms with Crippen LogP contribution < -0.4 is 20.3 Å². The summed E-state index contributed by atoms with van der Waals surface area (Å²) in [4.78, 5) is 35.3. The van der Waals surface area contributed by atoms with E-state index in [0.717, 1.165) is 43.2 Å². The van der Waals surface area contributed by atoms with Crippen LogP contribution >= 0.6 is 0 Å². The van der Waals surface area contributed by atoms with Crippen molar-refractivity contribution in [2.45, 2.75) is 6.04 Å². The Kier molecular flexibility index (Phi) is 9.03. The van der Waals surface area contributed by atoms with Gasteiger partial charge in [0.25, 0.3) is 0 Å². The fraction of sp³-hybridized carbons (Fsp3) is 0.458. The molecule has 9 nitrogen and oxygen atoms in total. The number of carbonyl (C=O) groups excluding carboxylic acids is 2. The van der Waals surface area contributed by atoms with E-state index in [1.165, 1.54) is 0 Å². The summed E-state index contributed by atoms with van der Waals surface area (Å²) in [5.41, 5.74) is 2.18. The summed E-state index contributed by atoms with van der Waals surface area (Å²) in [5, 5.41) is 5.47. The van der Waals surface area contributed by atoms with Crippen molar-refractivity contribution in [3.8, 4) is 5.75 Å². The van der Waals surface area contributed by atoms with Gasteiger partial charge >= 0.3 is 11.8 Å². The van der Waals surface area contributed by atoms with Crippen LogP contribution in [0.5, 0.6) is 5.75 Å². The molecular formula is C24H34N6O3. The van der Waals surface area contributed by atoms with Crippen molar-refractivity contribution in [1.29, 1.82) is 0 Å². The summed E-state index contributed by atoms with van der Waals surface area (Å²) >= 11 is 0. The van der Waals surface area contributed by atoms with Crippen LogP contribution in [0, 0.1) is 0 Å². The number of likely N-dealkylation sites (N-methyl/N-ethyl adjacent to an activating group) is 1. The fourth-order valence-electron chi connectivity index (χ4n) is 3.86. The van der Waals surface area contributed by atoms with Gasteiger partial charge in [-0.15, -0.1) is 0 Å². The molecule has 33 heavy (non-hydrogen) atoms. The maximum Gasteiger partial charge on any atom is 0.309 e. The Morgan fingerprint density at radius 2 is 1.76 bits per heavy atom. The highest BCUT2D eigenvalue weighted by molar-refractivity contribution is 6.35. The van der Waals surface area contributed by atoms with Crippen molar-refractivity contribution >= 4 is 17.5 Å². The molecule has 0 unspecified atom stereocenters. The molecule has 1 aliphatic heterocycles. The third kappa shape index (κ3) is 7.16. The van der Waals surface area contributed by atoms with Crippen molar-refractivity contribution in [2.24, 2.45) is 0 Å². The van der Waals surface area contributed by atoms with Gasteiger partial charge in [-0.1, -0.05) is 6.07 Å². The van der Waals surface area contributed by atoms with Crippen LogP contribution in [0.1, 0.15) is 11.6 Å². The molecule has 1 aromatic heterocycles. The molecule has 1 fully saturated rings. The van der Waals surface area contributed by atoms with E-state index in [0.29, 0.717) is 19.6 Å². The average Bonchev–Trinajstić information content (AvgIpc) is 2.85. The number of pyridine rings is 1. The Morgan fingerprint density at radius 1 is 1.06 bits per heavy atom. The lowest BCUT2D eigenvalue weighted by atomic mass is 10.1. The smallest absolute Gasteiger partial charge is 0.309 e. The number of ether oxygens (including phenoxy) is 1. The van der Waals surface area contributed by atoms with Gasteiger partial charge in [0.05, 0.1) is 13.2 Å². The lowest BCUT2D eigenvalue weighted by Gasteiger charge is -2.40. The summed E-state index contributed by atoms with van der Waals surface area (Å²) in [6.45, 7) is 4.83. The predicted octanol–water partition coefficient (Wildman–Crippen LogP) is 0.748. The maximum absolute atomic E-state index is 12.3. The van der Waals surface area contributed by atoms with Gasteiger partial charge in [0.15, 0.2) is 0 Å². The summed E-state index contributed by atoms with van der Waals surface area (Å²) in [7, 11) is 5.50. The summed E-state index contributed by atoms with van der Waals surface area (Å²) in [6, 6.07) is 11.9. The average molecular weight is 455 g/mol. The third-order valence-electron chi connectivity index (χ3n) is 5.77. The van der Waals surface area contributed by atoms with Gasteiger partial charge in [0.1, 0.15) is 5.75 Å². The number of amides is 2. The SMILES string of the molecule is COc1ccc(N2CCN([C@H](CNC(=O)C(=O)NCCN(C)C)c3cccnc3)CC2)cc1. The second kappa shape index (κ2) is 12.2. The molecule has 1 saturated heterocycles. The number of benzene rings is 1. The molecule has 0 spiro atoms. The van der Waals surface area contributed by atoms with Gasteiger partial charge in [-0.2, -0.15) is 0 Å². The summed E-state index contributed by atoms with van der Waals surface area (Å²) < 4.78 is 5.25. The van der Waals surface area contributed by atoms with Crippen molar-refractivity contribution in [3.63, 3.8) is 0 Å². The van der Waals surface area contributed by atoms with Crippen LogP contribution in [-0.2, 0) is 9.59 Å². The van der Waals surface area contributed by atoms with E-state index >= 15 is 0 Å². The lowest BCUT2D eigenvalue weighted by Crippen LogP contribution is -2.51. The first-order valence-electron chi connectivity index (χ1n) is 11.2. The molecule has 0 aliphatic carbocycles. The Hall–Kier alpha value is -3.17. The zero-order valence-corrected chi connectivity index (χ0v) is 19.7. The van der Waals surface area contributed by atoms with Crippen molar-refractivity contribution < 1.29 is 14.3 Å². The maximum atomic E-state index is 12.3. The minimum Gasteiger partial charge on any atom is -0.497 e. The van der Waals surface area contributed by atoms with Crippen molar-refractivity contribution in [3.05, 3.63) is 54.4 Å². The van der Waals surface area contributed by atoms with Gasteiger partial charge in [0, 0.05) is 63.9 Å². The molecule has 2 amide bonds. The predicted molar refractivity (Wildman–Crippen MR) is 128 cm³/mol. The Labute approximate surface area is 195 Å². The first-order chi connectivity index (χ1) is 16.0. The number of piperazine rings is 1. The molecule has 3 rings (SSSR count). The topological polar surface area (TPSA) is 90.0 Å². The van der Waals surface area contributed by atoms with Crippen LogP contribution in [0.3, 0.4) is 0 Å². The molecule has 0 saturated carbocycles. The van der Waals surface area contributed by atoms with E-state index in [2.05, 4.69) is 37.6 Å². The molecule has 2 N–H and O–H groups in total. The highest BCUT2D eigenvalue weighted by atomic mass is 16.5. The monoisotopic (exact) mass is 454 g/mol. The number of nitrogens with one attached hydrogen (secondary N) is 2. The number of rotatable bonds is 9. The van der Waals surface area contributed by atoms with Crippen molar-refractivity contribution in [2.75, 3.05) is 71.9 Å².